The molecule has 0 unspecified atom stereocenters. The Kier molecular flexibility index (Phi) is 6.98. The van der Waals surface area contributed by atoms with Crippen LogP contribution in [-0.2, 0) is 11.3 Å². The molecular formula is C18H15N7O3S2. The van der Waals surface area contributed by atoms with Gasteiger partial charge >= 0.3 is 5.88 Å². The van der Waals surface area contributed by atoms with Gasteiger partial charge in [-0.05, 0) is 22.0 Å². The number of anilines is 1. The van der Waals surface area contributed by atoms with E-state index in [1.165, 1.54) is 22.2 Å². The normalized spacial score (nSPS) is 11.2. The first-order valence-electron chi connectivity index (χ1n) is 8.47. The number of thiophene rings is 1. The molecule has 0 fully saturated rings. The summed E-state index contributed by atoms with van der Waals surface area (Å²) in [7, 11) is 1.57. The molecule has 0 saturated carbocycles. The van der Waals surface area contributed by atoms with Crippen LogP contribution in [0.25, 0.3) is 10.4 Å². The van der Waals surface area contributed by atoms with Crippen LogP contribution in [0.5, 0.6) is 0 Å². The van der Waals surface area contributed by atoms with Crippen molar-refractivity contribution >= 4 is 40.7 Å². The largest absolute Gasteiger partial charge is 0.861 e. The number of pyridine rings is 1. The number of nitrogens with two attached hydrogens (primary N) is 1. The lowest BCUT2D eigenvalue weighted by Gasteiger charge is -2.13. The Bertz CT molecular complexity index is 1140. The fourth-order valence-corrected chi connectivity index (χ4v) is 4.03. The zero-order valence-electron chi connectivity index (χ0n) is 15.7. The molecule has 30 heavy (non-hydrogen) atoms. The van der Waals surface area contributed by atoms with Crippen LogP contribution in [-0.4, -0.2) is 35.6 Å². The highest BCUT2D eigenvalue weighted by Crippen LogP contribution is 2.37. The van der Waals surface area contributed by atoms with Crippen molar-refractivity contribution < 1.29 is 19.0 Å². The van der Waals surface area contributed by atoms with Crippen LogP contribution in [0.15, 0.2) is 38.3 Å². The Morgan fingerprint density at radius 3 is 2.90 bits per heavy atom. The van der Waals surface area contributed by atoms with Gasteiger partial charge in [0.15, 0.2) is 0 Å². The molecule has 0 aliphatic rings. The summed E-state index contributed by atoms with van der Waals surface area (Å²) in [5.74, 6) is -0.540. The molecule has 0 saturated heterocycles. The van der Waals surface area contributed by atoms with Crippen molar-refractivity contribution in [2.45, 2.75) is 11.6 Å². The molecule has 3 rings (SSSR count). The molecule has 3 heterocycles. The van der Waals surface area contributed by atoms with Gasteiger partial charge in [-0.15, -0.1) is 11.3 Å². The minimum absolute atomic E-state index is 0.00112. The molecule has 0 aromatic carbocycles. The van der Waals surface area contributed by atoms with E-state index in [1.807, 2.05) is 17.5 Å². The van der Waals surface area contributed by atoms with E-state index >= 15 is 0 Å². The van der Waals surface area contributed by atoms with Gasteiger partial charge in [0, 0.05) is 23.3 Å². The zero-order chi connectivity index (χ0) is 21.5. The number of hydrogen-bond donors (Lipinski definition) is 1. The standard InChI is InChI=1S/C18H15N7O3S2/c1-27-5-4-25-9-15(28-24-25)22-14(26)10-30-18-12(8-20)16(13-3-2-6-29-13)11(7-19)17(21)23-18/h2-3,6,9H,4-5,10H2,1H3,(H2-,21,22,23,24,26). The van der Waals surface area contributed by atoms with Crippen LogP contribution in [0.4, 0.5) is 11.7 Å². The Morgan fingerprint density at radius 1 is 1.43 bits per heavy atom. The Hall–Kier alpha value is -3.45. The predicted molar refractivity (Wildman–Crippen MR) is 108 cm³/mol. The molecule has 0 amide bonds. The Labute approximate surface area is 179 Å². The van der Waals surface area contributed by atoms with E-state index in [1.54, 1.807) is 13.2 Å². The first-order chi connectivity index (χ1) is 14.6. The molecule has 0 aliphatic heterocycles. The molecule has 0 spiro atoms. The molecule has 0 bridgehead atoms. The van der Waals surface area contributed by atoms with Gasteiger partial charge in [0.05, 0.1) is 5.56 Å². The molecule has 0 atom stereocenters. The summed E-state index contributed by atoms with van der Waals surface area (Å²) < 4.78 is 11.4. The van der Waals surface area contributed by atoms with Gasteiger partial charge in [0.2, 0.25) is 11.8 Å². The summed E-state index contributed by atoms with van der Waals surface area (Å²) in [5, 5.41) is 37.2. The number of aliphatic imine (C=N–C) groups is 1. The quantitative estimate of drug-likeness (QED) is 0.234. The summed E-state index contributed by atoms with van der Waals surface area (Å²) in [6, 6.07) is 7.69. The summed E-state index contributed by atoms with van der Waals surface area (Å²) in [6.07, 6.45) is 1.48. The van der Waals surface area contributed by atoms with Crippen molar-refractivity contribution in [3.8, 4) is 22.6 Å². The molecule has 10 nitrogen and oxygen atoms in total. The van der Waals surface area contributed by atoms with Crippen molar-refractivity contribution in [2.75, 3.05) is 25.2 Å². The number of rotatable bonds is 8. The van der Waals surface area contributed by atoms with Gasteiger partial charge in [-0.1, -0.05) is 17.8 Å². The van der Waals surface area contributed by atoms with E-state index in [9.17, 15) is 15.6 Å². The molecule has 0 aliphatic carbocycles. The number of nitrogens with zero attached hydrogens (tertiary/aromatic N) is 6. The van der Waals surface area contributed by atoms with Gasteiger partial charge in [0.1, 0.15) is 35.2 Å². The third kappa shape index (κ3) is 4.75. The second kappa shape index (κ2) is 9.84. The van der Waals surface area contributed by atoms with Crippen molar-refractivity contribution in [1.29, 1.82) is 10.5 Å². The number of methoxy groups -OCH3 is 1. The van der Waals surface area contributed by atoms with Crippen molar-refractivity contribution in [2.24, 2.45) is 4.99 Å². The monoisotopic (exact) mass is 441 g/mol. The van der Waals surface area contributed by atoms with Gasteiger partial charge < -0.3 is 15.6 Å². The highest BCUT2D eigenvalue weighted by molar-refractivity contribution is 8.00. The third-order valence-electron chi connectivity index (χ3n) is 3.77. The maximum absolute atomic E-state index is 12.2. The van der Waals surface area contributed by atoms with E-state index in [4.69, 9.17) is 15.0 Å². The first kappa shape index (κ1) is 21.3. The zero-order valence-corrected chi connectivity index (χ0v) is 17.4. The third-order valence-corrected chi connectivity index (χ3v) is 5.62. The van der Waals surface area contributed by atoms with E-state index in [0.29, 0.717) is 18.7 Å². The maximum Gasteiger partial charge on any atom is 0.320 e. The smallest absolute Gasteiger partial charge is 0.320 e. The number of hydrogen-bond acceptors (Lipinski definition) is 11. The average molecular weight is 441 g/mol. The van der Waals surface area contributed by atoms with Crippen LogP contribution in [0, 0.1) is 22.7 Å². The number of ether oxygens (including phenoxy) is 1. The summed E-state index contributed by atoms with van der Waals surface area (Å²) in [6.45, 7) is 0.902. The predicted octanol–water partition coefficient (Wildman–Crippen LogP) is 1.24. The Balaban J connectivity index is 1.84. The molecular weight excluding hydrogens is 426 g/mol. The highest BCUT2D eigenvalue weighted by atomic mass is 32.2. The molecule has 12 heteroatoms. The van der Waals surface area contributed by atoms with Crippen molar-refractivity contribution in [3.05, 3.63) is 34.8 Å². The lowest BCUT2D eigenvalue weighted by molar-refractivity contribution is -0.763. The summed E-state index contributed by atoms with van der Waals surface area (Å²) in [4.78, 5) is 8.72. The SMILES string of the molecule is COCC[n+]1cc(/N=C(\[O-])CSc2nc(N)c(C#N)c(-c3cccs3)c2C#N)on1. The number of nitrogen functional groups attached to an aromatic ring is 1. The number of thioether (sulfide) groups is 1. The molecule has 0 radical (unpaired) electrons. The van der Waals surface area contributed by atoms with E-state index in [-0.39, 0.29) is 33.6 Å². The maximum atomic E-state index is 12.2. The minimum Gasteiger partial charge on any atom is -0.861 e. The van der Waals surface area contributed by atoms with Crippen LogP contribution in [0.3, 0.4) is 0 Å². The molecule has 152 valence electrons. The van der Waals surface area contributed by atoms with Gasteiger partial charge in [-0.3, -0.25) is 4.52 Å². The first-order valence-corrected chi connectivity index (χ1v) is 10.3. The van der Waals surface area contributed by atoms with Crippen LogP contribution in [0.2, 0.25) is 0 Å². The van der Waals surface area contributed by atoms with E-state index in [0.717, 1.165) is 16.6 Å². The lowest BCUT2D eigenvalue weighted by atomic mass is 10.0. The van der Waals surface area contributed by atoms with Crippen LogP contribution < -0.4 is 15.5 Å². The van der Waals surface area contributed by atoms with E-state index < -0.39 is 5.90 Å². The second-order valence-corrected chi connectivity index (χ2v) is 7.63. The molecule has 3 aromatic rings. The van der Waals surface area contributed by atoms with Gasteiger partial charge in [0.25, 0.3) is 6.20 Å². The molecule has 3 aromatic heterocycles. The fraction of sp³-hybridized carbons (Fsp3) is 0.222. The van der Waals surface area contributed by atoms with Crippen molar-refractivity contribution in [3.63, 3.8) is 0 Å². The topological polar surface area (TPSA) is 161 Å². The van der Waals surface area contributed by atoms with Gasteiger partial charge in [-0.2, -0.15) is 10.5 Å². The fourth-order valence-electron chi connectivity index (χ4n) is 2.46. The summed E-state index contributed by atoms with van der Waals surface area (Å²) in [5.41, 5.74) is 6.69. The van der Waals surface area contributed by atoms with Crippen LogP contribution >= 0.6 is 23.1 Å². The van der Waals surface area contributed by atoms with Gasteiger partial charge in [-0.25, -0.2) is 9.98 Å². The van der Waals surface area contributed by atoms with Crippen LogP contribution in [0.1, 0.15) is 11.1 Å². The van der Waals surface area contributed by atoms with Crippen molar-refractivity contribution in [1.82, 2.24) is 10.3 Å². The summed E-state index contributed by atoms with van der Waals surface area (Å²) >= 11 is 2.39. The number of aromatic nitrogens is 3. The Morgan fingerprint density at radius 2 is 2.23 bits per heavy atom. The van der Waals surface area contributed by atoms with E-state index in [2.05, 4.69) is 21.3 Å². The average Bonchev–Trinajstić information content (AvgIpc) is 3.42. The number of nitriles is 2. The molecule has 2 N–H and O–H groups in total. The second-order valence-electron chi connectivity index (χ2n) is 5.72. The minimum atomic E-state index is -0.499. The lowest BCUT2D eigenvalue weighted by Crippen LogP contribution is -2.36. The highest BCUT2D eigenvalue weighted by Gasteiger charge is 2.21.